The molecule has 11 heteroatoms. The van der Waals surface area contributed by atoms with Gasteiger partial charge in [-0.3, -0.25) is 19.2 Å². The van der Waals surface area contributed by atoms with Gasteiger partial charge >= 0.3 is 5.97 Å². The van der Waals surface area contributed by atoms with E-state index in [-0.39, 0.29) is 48.3 Å². The Morgan fingerprint density at radius 3 is 2.62 bits per heavy atom. The van der Waals surface area contributed by atoms with Crippen LogP contribution in [-0.2, 0) is 28.7 Å². The number of hydrogen-bond donors (Lipinski definition) is 2. The Hall–Kier alpha value is -2.24. The molecule has 3 rings (SSSR count). The number of nitrogens with one attached hydrogen (secondary N) is 1. The molecule has 0 aromatic rings. The molecular weight excluding hydrogens is 570 g/mol. The fraction of sp³-hybridized carbons (Fsp3) is 0.714. The Bertz CT molecular complexity index is 959. The molecule has 0 aromatic heterocycles. The Morgan fingerprint density at radius 1 is 1.28 bits per heavy atom. The van der Waals surface area contributed by atoms with Crippen molar-refractivity contribution in [3.63, 3.8) is 0 Å². The van der Waals surface area contributed by atoms with Gasteiger partial charge in [0.2, 0.25) is 17.7 Å². The van der Waals surface area contributed by atoms with E-state index in [0.717, 1.165) is 0 Å². The number of rotatable bonds is 15. The van der Waals surface area contributed by atoms with Crippen molar-refractivity contribution < 1.29 is 33.8 Å². The van der Waals surface area contributed by atoms with Gasteiger partial charge in [-0.2, -0.15) is 0 Å². The largest absolute Gasteiger partial charge is 0.460 e. The number of hydrogen-bond acceptors (Lipinski definition) is 7. The van der Waals surface area contributed by atoms with Crippen LogP contribution in [0.3, 0.4) is 0 Å². The Kier molecular flexibility index (Phi) is 10.8. The molecule has 10 nitrogen and oxygen atoms in total. The molecule has 1 unspecified atom stereocenters. The van der Waals surface area contributed by atoms with Crippen LogP contribution in [-0.4, -0.2) is 99.6 Å². The number of nitrogens with zero attached hydrogens (tertiary/aromatic N) is 2. The molecule has 3 aliphatic heterocycles. The normalized spacial score (nSPS) is 29.7. The molecule has 1 spiro atoms. The second-order valence-corrected chi connectivity index (χ2v) is 12.1. The number of aliphatic hydroxyl groups excluding tert-OH is 1. The van der Waals surface area contributed by atoms with Crippen molar-refractivity contribution in [1.82, 2.24) is 15.1 Å². The van der Waals surface area contributed by atoms with Crippen LogP contribution < -0.4 is 5.32 Å². The number of aliphatic hydroxyl groups is 1. The molecule has 3 aliphatic rings. The maximum atomic E-state index is 14.1. The lowest BCUT2D eigenvalue weighted by Crippen LogP contribution is -2.58. The molecule has 3 saturated heterocycles. The SMILES string of the molecule is C=CCCC(=O)NC[C@H](C)OC(=O)[C@H]1[C@@H]2O[C@@]3(CC2Br)[C@@H]1C(=O)N(CCCCO)[C@@H]3C(=O)N(CC=C)C(C)C. The number of likely N-dealkylation sites (tertiary alicyclic amines) is 1. The van der Waals surface area contributed by atoms with Gasteiger partial charge in [0.1, 0.15) is 17.7 Å². The highest BCUT2D eigenvalue weighted by Crippen LogP contribution is 2.60. The van der Waals surface area contributed by atoms with Crippen LogP contribution >= 0.6 is 15.9 Å². The number of halogens is 1. The van der Waals surface area contributed by atoms with Gasteiger partial charge in [-0.25, -0.2) is 0 Å². The second kappa shape index (κ2) is 13.4. The Labute approximate surface area is 239 Å². The first-order valence-electron chi connectivity index (χ1n) is 13.8. The number of allylic oxidation sites excluding steroid dienone is 1. The lowest BCUT2D eigenvalue weighted by atomic mass is 9.70. The van der Waals surface area contributed by atoms with E-state index in [1.165, 1.54) is 0 Å². The molecule has 0 saturated carbocycles. The number of unbranched alkanes of at least 4 members (excludes halogenated alkanes) is 1. The van der Waals surface area contributed by atoms with Crippen LogP contribution in [0.25, 0.3) is 0 Å². The summed E-state index contributed by atoms with van der Waals surface area (Å²) in [6, 6.07) is -1.04. The van der Waals surface area contributed by atoms with Crippen LogP contribution in [0.1, 0.15) is 52.9 Å². The van der Waals surface area contributed by atoms with Gasteiger partial charge in [-0.1, -0.05) is 28.1 Å². The highest BCUT2D eigenvalue weighted by Gasteiger charge is 2.77. The fourth-order valence-corrected chi connectivity index (χ4v) is 7.00. The third-order valence-corrected chi connectivity index (χ3v) is 8.66. The highest BCUT2D eigenvalue weighted by atomic mass is 79.9. The molecule has 2 bridgehead atoms. The number of esters is 1. The van der Waals surface area contributed by atoms with Crippen molar-refractivity contribution in [1.29, 1.82) is 0 Å². The summed E-state index contributed by atoms with van der Waals surface area (Å²) in [7, 11) is 0. The minimum atomic E-state index is -1.17. The molecule has 3 amide bonds. The lowest BCUT2D eigenvalue weighted by Gasteiger charge is -2.38. The molecular formula is C28H42BrN3O7. The lowest BCUT2D eigenvalue weighted by molar-refractivity contribution is -0.159. The van der Waals surface area contributed by atoms with E-state index in [4.69, 9.17) is 9.47 Å². The summed E-state index contributed by atoms with van der Waals surface area (Å²) in [6.45, 7) is 13.6. The highest BCUT2D eigenvalue weighted by molar-refractivity contribution is 9.09. The third kappa shape index (κ3) is 6.25. The number of fused-ring (bicyclic) bond motifs is 1. The predicted octanol–water partition coefficient (Wildman–Crippen LogP) is 1.94. The van der Waals surface area contributed by atoms with E-state index in [9.17, 15) is 24.3 Å². The predicted molar refractivity (Wildman–Crippen MR) is 149 cm³/mol. The average molecular weight is 613 g/mol. The summed E-state index contributed by atoms with van der Waals surface area (Å²) in [6.07, 6.45) is 4.31. The van der Waals surface area contributed by atoms with Crippen LogP contribution in [0.5, 0.6) is 0 Å². The van der Waals surface area contributed by atoms with Crippen LogP contribution in [0.2, 0.25) is 0 Å². The van der Waals surface area contributed by atoms with Crippen molar-refractivity contribution in [2.75, 3.05) is 26.2 Å². The molecule has 7 atom stereocenters. The van der Waals surface area contributed by atoms with Crippen LogP contribution in [0.15, 0.2) is 25.3 Å². The van der Waals surface area contributed by atoms with Crippen LogP contribution in [0.4, 0.5) is 0 Å². The minimum Gasteiger partial charge on any atom is -0.460 e. The molecule has 0 aromatic carbocycles. The number of ether oxygens (including phenoxy) is 2. The van der Waals surface area contributed by atoms with Gasteiger partial charge in [-0.15, -0.1) is 13.2 Å². The Morgan fingerprint density at radius 2 is 2.00 bits per heavy atom. The van der Waals surface area contributed by atoms with Gasteiger partial charge in [0, 0.05) is 37.0 Å². The van der Waals surface area contributed by atoms with Crippen molar-refractivity contribution >= 4 is 39.6 Å². The molecule has 3 fully saturated rings. The van der Waals surface area contributed by atoms with E-state index >= 15 is 0 Å². The average Bonchev–Trinajstić information content (AvgIpc) is 3.47. The van der Waals surface area contributed by atoms with Crippen molar-refractivity contribution in [2.24, 2.45) is 11.8 Å². The van der Waals surface area contributed by atoms with Gasteiger partial charge in [0.05, 0.1) is 24.5 Å². The first-order chi connectivity index (χ1) is 18.5. The number of amides is 3. The summed E-state index contributed by atoms with van der Waals surface area (Å²) in [4.78, 5) is 56.5. The zero-order valence-corrected chi connectivity index (χ0v) is 24.7. The summed E-state index contributed by atoms with van der Waals surface area (Å²) in [5.41, 5.74) is -1.17. The number of alkyl halides is 1. The zero-order chi connectivity index (χ0) is 28.9. The maximum Gasteiger partial charge on any atom is 0.312 e. The summed E-state index contributed by atoms with van der Waals surface area (Å²) < 4.78 is 12.2. The fourth-order valence-electron chi connectivity index (χ4n) is 6.06. The minimum absolute atomic E-state index is 0.0250. The van der Waals surface area contributed by atoms with E-state index in [1.54, 1.807) is 28.9 Å². The third-order valence-electron chi connectivity index (χ3n) is 7.81. The molecule has 3 heterocycles. The maximum absolute atomic E-state index is 14.1. The molecule has 218 valence electrons. The van der Waals surface area contributed by atoms with Crippen molar-refractivity contribution in [3.8, 4) is 0 Å². The molecule has 0 aliphatic carbocycles. The van der Waals surface area contributed by atoms with E-state index in [2.05, 4.69) is 34.4 Å². The Balaban J connectivity index is 1.87. The van der Waals surface area contributed by atoms with Gasteiger partial charge in [-0.05, 0) is 46.5 Å². The van der Waals surface area contributed by atoms with Gasteiger partial charge in [0.25, 0.3) is 0 Å². The zero-order valence-electron chi connectivity index (χ0n) is 23.1. The first kappa shape index (κ1) is 31.3. The quantitative estimate of drug-likeness (QED) is 0.125. The summed E-state index contributed by atoms with van der Waals surface area (Å²) >= 11 is 3.65. The first-order valence-corrected chi connectivity index (χ1v) is 14.7. The summed E-state index contributed by atoms with van der Waals surface area (Å²) in [5.74, 6) is -3.04. The molecule has 0 radical (unpaired) electrons. The number of carbonyl (C=O) groups is 4. The molecule has 39 heavy (non-hydrogen) atoms. The monoisotopic (exact) mass is 611 g/mol. The standard InChI is InChI=1S/C28H42BrN3O7/c1-6-8-11-20(34)30-16-18(5)38-27(37)21-22-25(35)32(13-9-10-14-33)24(26(36)31(12-7-2)17(3)4)28(22)15-19(29)23(21)39-28/h6-7,17-19,21-24,33H,1-2,8-16H2,3-5H3,(H,30,34)/t18-,19?,21+,22-,23+,24+,28-/m0/s1. The van der Waals surface area contributed by atoms with Gasteiger partial charge < -0.3 is 29.7 Å². The smallest absolute Gasteiger partial charge is 0.312 e. The van der Waals surface area contributed by atoms with E-state index < -0.39 is 41.7 Å². The second-order valence-electron chi connectivity index (χ2n) is 10.9. The van der Waals surface area contributed by atoms with Crippen molar-refractivity contribution in [3.05, 3.63) is 25.3 Å². The topological polar surface area (TPSA) is 125 Å². The number of carbonyl (C=O) groups excluding carboxylic acids is 4. The van der Waals surface area contributed by atoms with E-state index in [0.29, 0.717) is 38.6 Å². The van der Waals surface area contributed by atoms with Gasteiger partial charge in [0.15, 0.2) is 0 Å². The summed E-state index contributed by atoms with van der Waals surface area (Å²) in [5, 5.41) is 12.1. The van der Waals surface area contributed by atoms with Crippen LogP contribution in [0, 0.1) is 11.8 Å². The molecule has 2 N–H and O–H groups in total. The van der Waals surface area contributed by atoms with E-state index in [1.807, 2.05) is 13.8 Å². The van der Waals surface area contributed by atoms with Crippen molar-refractivity contribution in [2.45, 2.75) is 87.6 Å².